The highest BCUT2D eigenvalue weighted by atomic mass is 19.2. The highest BCUT2D eigenvalue weighted by Gasteiger charge is 2.11. The van der Waals surface area contributed by atoms with Crippen molar-refractivity contribution in [1.29, 1.82) is 0 Å². The first kappa shape index (κ1) is 18.0. The van der Waals surface area contributed by atoms with Gasteiger partial charge in [-0.05, 0) is 38.5 Å². The number of carbonyl (C=O) groups is 2. The van der Waals surface area contributed by atoms with Gasteiger partial charge in [0.15, 0.2) is 11.6 Å². The fourth-order valence-electron chi connectivity index (χ4n) is 1.76. The first-order chi connectivity index (χ1) is 10.3. The largest absolute Gasteiger partial charge is 0.352 e. The van der Waals surface area contributed by atoms with Crippen molar-refractivity contribution in [3.63, 3.8) is 0 Å². The highest BCUT2D eigenvalue weighted by molar-refractivity contribution is 5.85. The van der Waals surface area contributed by atoms with Gasteiger partial charge in [0.05, 0.1) is 13.1 Å². The summed E-state index contributed by atoms with van der Waals surface area (Å²) in [5.74, 6) is -2.46. The van der Waals surface area contributed by atoms with Gasteiger partial charge in [-0.15, -0.1) is 0 Å². The SMILES string of the molecule is CC(C)NC(=O)CNC(=O)CN[C@@H](C)c1ccc(F)c(F)c1. The van der Waals surface area contributed by atoms with Crippen molar-refractivity contribution in [2.45, 2.75) is 32.9 Å². The second kappa shape index (κ2) is 8.43. The fourth-order valence-corrected chi connectivity index (χ4v) is 1.76. The summed E-state index contributed by atoms with van der Waals surface area (Å²) < 4.78 is 26.0. The number of carbonyl (C=O) groups excluding carboxylic acids is 2. The van der Waals surface area contributed by atoms with E-state index >= 15 is 0 Å². The van der Waals surface area contributed by atoms with Gasteiger partial charge in [-0.25, -0.2) is 8.78 Å². The van der Waals surface area contributed by atoms with Crippen LogP contribution in [0.3, 0.4) is 0 Å². The van der Waals surface area contributed by atoms with Crippen LogP contribution < -0.4 is 16.0 Å². The second-order valence-corrected chi connectivity index (χ2v) is 5.28. The van der Waals surface area contributed by atoms with Gasteiger partial charge in [0.25, 0.3) is 0 Å². The van der Waals surface area contributed by atoms with Gasteiger partial charge in [0.2, 0.25) is 11.8 Å². The molecule has 3 N–H and O–H groups in total. The molecule has 0 unspecified atom stereocenters. The van der Waals surface area contributed by atoms with Crippen LogP contribution in [0.15, 0.2) is 18.2 Å². The Morgan fingerprint density at radius 2 is 1.73 bits per heavy atom. The van der Waals surface area contributed by atoms with E-state index in [1.54, 1.807) is 6.92 Å². The number of hydrogen-bond acceptors (Lipinski definition) is 3. The summed E-state index contributed by atoms with van der Waals surface area (Å²) in [7, 11) is 0. The number of halogens is 2. The standard InChI is InChI=1S/C15H21F2N3O2/c1-9(2)20-15(22)8-19-14(21)7-18-10(3)11-4-5-12(16)13(17)6-11/h4-6,9-10,18H,7-8H2,1-3H3,(H,19,21)(H,20,22)/t10-/m0/s1. The maximum atomic E-state index is 13.1. The smallest absolute Gasteiger partial charge is 0.239 e. The topological polar surface area (TPSA) is 70.2 Å². The zero-order valence-electron chi connectivity index (χ0n) is 12.9. The zero-order valence-corrected chi connectivity index (χ0v) is 12.9. The molecular formula is C15H21F2N3O2. The summed E-state index contributed by atoms with van der Waals surface area (Å²) in [5.41, 5.74) is 0.532. The molecule has 0 aliphatic carbocycles. The minimum absolute atomic E-state index is 0.0101. The Kier molecular flexibility index (Phi) is 6.91. The minimum Gasteiger partial charge on any atom is -0.352 e. The lowest BCUT2D eigenvalue weighted by Gasteiger charge is -2.14. The van der Waals surface area contributed by atoms with E-state index in [0.717, 1.165) is 12.1 Å². The Labute approximate surface area is 128 Å². The van der Waals surface area contributed by atoms with E-state index < -0.39 is 11.6 Å². The average molecular weight is 313 g/mol. The van der Waals surface area contributed by atoms with Crippen LogP contribution in [0.4, 0.5) is 8.78 Å². The molecule has 0 saturated carbocycles. The second-order valence-electron chi connectivity index (χ2n) is 5.28. The molecule has 0 aliphatic heterocycles. The van der Waals surface area contributed by atoms with Crippen LogP contribution in [0.25, 0.3) is 0 Å². The van der Waals surface area contributed by atoms with Crippen molar-refractivity contribution in [1.82, 2.24) is 16.0 Å². The predicted octanol–water partition coefficient (Wildman–Crippen LogP) is 1.26. The molecular weight excluding hydrogens is 292 g/mol. The first-order valence-electron chi connectivity index (χ1n) is 7.04. The molecule has 0 aliphatic rings. The fraction of sp³-hybridized carbons (Fsp3) is 0.467. The molecule has 1 atom stereocenters. The Bertz CT molecular complexity index is 536. The van der Waals surface area contributed by atoms with E-state index in [9.17, 15) is 18.4 Å². The lowest BCUT2D eigenvalue weighted by atomic mass is 10.1. The van der Waals surface area contributed by atoms with Gasteiger partial charge < -0.3 is 16.0 Å². The van der Waals surface area contributed by atoms with E-state index in [1.165, 1.54) is 6.07 Å². The zero-order chi connectivity index (χ0) is 16.7. The van der Waals surface area contributed by atoms with Crippen molar-refractivity contribution in [2.24, 2.45) is 0 Å². The number of nitrogens with one attached hydrogen (secondary N) is 3. The highest BCUT2D eigenvalue weighted by Crippen LogP contribution is 2.15. The molecule has 0 spiro atoms. The lowest BCUT2D eigenvalue weighted by molar-refractivity contribution is -0.125. The summed E-state index contributed by atoms with van der Waals surface area (Å²) in [6.45, 7) is 5.24. The van der Waals surface area contributed by atoms with Gasteiger partial charge in [-0.1, -0.05) is 6.07 Å². The van der Waals surface area contributed by atoms with Gasteiger partial charge >= 0.3 is 0 Å². The molecule has 7 heteroatoms. The van der Waals surface area contributed by atoms with Crippen molar-refractivity contribution >= 4 is 11.8 Å². The normalized spacial score (nSPS) is 12.1. The molecule has 0 radical (unpaired) electrons. The first-order valence-corrected chi connectivity index (χ1v) is 7.04. The summed E-state index contributed by atoms with van der Waals surface area (Å²) in [5, 5.41) is 7.99. The molecule has 0 bridgehead atoms. The van der Waals surface area contributed by atoms with Crippen LogP contribution >= 0.6 is 0 Å². The van der Waals surface area contributed by atoms with Crippen LogP contribution in [0, 0.1) is 11.6 Å². The molecule has 1 aromatic carbocycles. The Hall–Kier alpha value is -2.02. The Balaban J connectivity index is 2.37. The third kappa shape index (κ3) is 6.17. The third-order valence-electron chi connectivity index (χ3n) is 2.91. The van der Waals surface area contributed by atoms with Crippen LogP contribution in [-0.2, 0) is 9.59 Å². The number of hydrogen-bond donors (Lipinski definition) is 3. The summed E-state index contributed by atoms with van der Waals surface area (Å²) in [6, 6.07) is 3.26. The number of benzene rings is 1. The van der Waals surface area contributed by atoms with Crippen LogP contribution in [0.5, 0.6) is 0 Å². The summed E-state index contributed by atoms with van der Waals surface area (Å²) in [4.78, 5) is 23.0. The molecule has 0 aromatic heterocycles. The van der Waals surface area contributed by atoms with Gasteiger partial charge in [-0.3, -0.25) is 9.59 Å². The van der Waals surface area contributed by atoms with E-state index in [1.807, 2.05) is 13.8 Å². The van der Waals surface area contributed by atoms with E-state index in [2.05, 4.69) is 16.0 Å². The Morgan fingerprint density at radius 1 is 1.05 bits per heavy atom. The molecule has 0 fully saturated rings. The molecule has 1 rings (SSSR count). The number of amides is 2. The van der Waals surface area contributed by atoms with Crippen LogP contribution in [0.1, 0.15) is 32.4 Å². The van der Waals surface area contributed by atoms with Gasteiger partial charge in [-0.2, -0.15) is 0 Å². The Morgan fingerprint density at radius 3 is 2.32 bits per heavy atom. The van der Waals surface area contributed by atoms with E-state index in [-0.39, 0.29) is 37.0 Å². The quantitative estimate of drug-likeness (QED) is 0.710. The lowest BCUT2D eigenvalue weighted by Crippen LogP contribution is -2.42. The third-order valence-corrected chi connectivity index (χ3v) is 2.91. The van der Waals surface area contributed by atoms with Crippen LogP contribution in [0.2, 0.25) is 0 Å². The molecule has 0 heterocycles. The maximum Gasteiger partial charge on any atom is 0.239 e. The summed E-state index contributed by atoms with van der Waals surface area (Å²) in [6.07, 6.45) is 0. The van der Waals surface area contributed by atoms with Crippen molar-refractivity contribution < 1.29 is 18.4 Å². The summed E-state index contributed by atoms with van der Waals surface area (Å²) >= 11 is 0. The van der Waals surface area contributed by atoms with E-state index in [4.69, 9.17) is 0 Å². The molecule has 1 aromatic rings. The minimum atomic E-state index is -0.930. The van der Waals surface area contributed by atoms with Gasteiger partial charge in [0, 0.05) is 12.1 Å². The monoisotopic (exact) mass is 313 g/mol. The van der Waals surface area contributed by atoms with E-state index in [0.29, 0.717) is 5.56 Å². The van der Waals surface area contributed by atoms with Crippen molar-refractivity contribution in [3.8, 4) is 0 Å². The molecule has 22 heavy (non-hydrogen) atoms. The van der Waals surface area contributed by atoms with Crippen LogP contribution in [-0.4, -0.2) is 30.9 Å². The molecule has 122 valence electrons. The number of rotatable bonds is 7. The molecule has 0 saturated heterocycles. The average Bonchev–Trinajstić information content (AvgIpc) is 2.44. The van der Waals surface area contributed by atoms with Crippen molar-refractivity contribution in [2.75, 3.05) is 13.1 Å². The maximum absolute atomic E-state index is 13.1. The predicted molar refractivity (Wildman–Crippen MR) is 79.1 cm³/mol. The van der Waals surface area contributed by atoms with Crippen molar-refractivity contribution in [3.05, 3.63) is 35.4 Å². The molecule has 2 amide bonds. The van der Waals surface area contributed by atoms with Gasteiger partial charge in [0.1, 0.15) is 0 Å². The molecule has 5 nitrogen and oxygen atoms in total.